The first-order valence-corrected chi connectivity index (χ1v) is 12.5. The van der Waals surface area contributed by atoms with E-state index in [1.54, 1.807) is 59.9 Å². The van der Waals surface area contributed by atoms with Gasteiger partial charge in [-0.2, -0.15) is 10.4 Å². The van der Waals surface area contributed by atoms with Gasteiger partial charge < -0.3 is 5.32 Å². The molecule has 0 aliphatic rings. The van der Waals surface area contributed by atoms with E-state index in [0.29, 0.717) is 33.9 Å². The molecule has 2 heterocycles. The maximum Gasteiger partial charge on any atom is 0.295 e. The van der Waals surface area contributed by atoms with Gasteiger partial charge >= 0.3 is 0 Å². The number of non-ortho nitro benzene ring substituents is 1. The second-order valence-corrected chi connectivity index (χ2v) is 9.08. The van der Waals surface area contributed by atoms with E-state index in [2.05, 4.69) is 10.4 Å². The van der Waals surface area contributed by atoms with E-state index >= 15 is 0 Å². The number of carbonyl (C=O) groups excluding carboxylic acids is 1. The lowest BCUT2D eigenvalue weighted by Gasteiger charge is -2.07. The van der Waals surface area contributed by atoms with E-state index in [4.69, 9.17) is 0 Å². The van der Waals surface area contributed by atoms with Gasteiger partial charge in [0.25, 0.3) is 17.2 Å². The molecule has 0 aliphatic heterocycles. The van der Waals surface area contributed by atoms with Crippen molar-refractivity contribution in [1.82, 2.24) is 19.1 Å². The van der Waals surface area contributed by atoms with E-state index in [9.17, 15) is 25.0 Å². The van der Waals surface area contributed by atoms with E-state index in [0.717, 1.165) is 0 Å². The number of hydrogen-bond donors (Lipinski definition) is 1. The highest BCUT2D eigenvalue weighted by Gasteiger charge is 2.21. The molecule has 3 aromatic carbocycles. The summed E-state index contributed by atoms with van der Waals surface area (Å²) >= 11 is 0. The summed E-state index contributed by atoms with van der Waals surface area (Å²) in [6, 6.07) is 26.0. The quantitative estimate of drug-likeness (QED) is 0.135. The molecule has 0 unspecified atom stereocenters. The molecule has 11 heteroatoms. The Labute approximate surface area is 234 Å². The first-order chi connectivity index (χ1) is 19.8. The van der Waals surface area contributed by atoms with E-state index in [1.807, 2.05) is 42.5 Å². The number of rotatable bonds is 7. The summed E-state index contributed by atoms with van der Waals surface area (Å²) in [7, 11) is 1.70. The van der Waals surface area contributed by atoms with Gasteiger partial charge in [-0.1, -0.05) is 48.5 Å². The predicted octanol–water partition coefficient (Wildman–Crippen LogP) is 4.79. The zero-order valence-electron chi connectivity index (χ0n) is 22.1. The number of hydrogen-bond acceptors (Lipinski definition) is 6. The second kappa shape index (κ2) is 11.0. The number of aromatic nitrogens is 4. The summed E-state index contributed by atoms with van der Waals surface area (Å²) in [5, 5.41) is 28.5. The third kappa shape index (κ3) is 5.17. The standard InChI is InChI=1S/C30H23N7O4/c1-20-27(30(39)36(34(20)2)25-13-7-4-8-14-25)32-29(38)22(18-31)16-23-19-35(24-11-5-3-6-12-24)33-28(23)21-10-9-15-26(17-21)37(40)41/h3-17,19H,1-2H3,(H,32,38)/b22-16+. The van der Waals surface area contributed by atoms with Crippen molar-refractivity contribution >= 4 is 23.4 Å². The molecule has 1 amide bonds. The van der Waals surface area contributed by atoms with Crippen molar-refractivity contribution in [3.8, 4) is 28.7 Å². The number of para-hydroxylation sites is 2. The number of nitriles is 1. The number of nitrogens with zero attached hydrogens (tertiary/aromatic N) is 6. The van der Waals surface area contributed by atoms with Crippen LogP contribution >= 0.6 is 0 Å². The van der Waals surface area contributed by atoms with Gasteiger partial charge in [0.1, 0.15) is 23.0 Å². The fourth-order valence-electron chi connectivity index (χ4n) is 4.39. The number of nitro groups is 1. The molecule has 0 radical (unpaired) electrons. The van der Waals surface area contributed by atoms with Crippen molar-refractivity contribution in [2.75, 3.05) is 5.32 Å². The van der Waals surface area contributed by atoms with Gasteiger partial charge in [0.05, 0.1) is 22.0 Å². The fourth-order valence-corrected chi connectivity index (χ4v) is 4.39. The molecule has 2 aromatic heterocycles. The van der Waals surface area contributed by atoms with Gasteiger partial charge in [0, 0.05) is 36.5 Å². The van der Waals surface area contributed by atoms with Crippen LogP contribution in [0.4, 0.5) is 11.4 Å². The molecule has 0 spiro atoms. The Hall–Kier alpha value is -6.02. The summed E-state index contributed by atoms with van der Waals surface area (Å²) in [5.74, 6) is -0.782. The summed E-state index contributed by atoms with van der Waals surface area (Å²) in [5.41, 5.74) is 2.17. The van der Waals surface area contributed by atoms with Crippen LogP contribution in [-0.4, -0.2) is 30.0 Å². The number of amides is 1. The molecular weight excluding hydrogens is 522 g/mol. The molecule has 0 saturated carbocycles. The van der Waals surface area contributed by atoms with Crippen LogP contribution in [0.3, 0.4) is 0 Å². The Morgan fingerprint density at radius 1 is 1.02 bits per heavy atom. The van der Waals surface area contributed by atoms with Crippen LogP contribution < -0.4 is 10.9 Å². The van der Waals surface area contributed by atoms with Crippen molar-refractivity contribution in [3.05, 3.63) is 128 Å². The smallest absolute Gasteiger partial charge is 0.295 e. The average molecular weight is 546 g/mol. The molecule has 11 nitrogen and oxygen atoms in total. The van der Waals surface area contributed by atoms with Crippen LogP contribution in [0.2, 0.25) is 0 Å². The van der Waals surface area contributed by atoms with Crippen molar-refractivity contribution in [2.45, 2.75) is 6.92 Å². The number of nitro benzene ring substituents is 1. The lowest BCUT2D eigenvalue weighted by molar-refractivity contribution is -0.384. The average Bonchev–Trinajstić information content (AvgIpc) is 3.51. The van der Waals surface area contributed by atoms with Gasteiger partial charge in [-0.15, -0.1) is 0 Å². The van der Waals surface area contributed by atoms with E-state index in [1.165, 1.54) is 29.0 Å². The molecule has 202 valence electrons. The molecule has 5 aromatic rings. The molecule has 0 aliphatic carbocycles. The number of nitrogens with one attached hydrogen (secondary N) is 1. The van der Waals surface area contributed by atoms with Gasteiger partial charge in [-0.25, -0.2) is 9.36 Å². The van der Waals surface area contributed by atoms with Gasteiger partial charge in [-0.05, 0) is 37.3 Å². The topological polar surface area (TPSA) is 141 Å². The Bertz CT molecular complexity index is 1910. The summed E-state index contributed by atoms with van der Waals surface area (Å²) in [4.78, 5) is 37.4. The van der Waals surface area contributed by atoms with Gasteiger partial charge in [0.2, 0.25) is 0 Å². The van der Waals surface area contributed by atoms with Crippen molar-refractivity contribution in [2.24, 2.45) is 7.05 Å². The molecule has 0 saturated heterocycles. The van der Waals surface area contributed by atoms with Gasteiger partial charge in [-0.3, -0.25) is 24.4 Å². The lowest BCUT2D eigenvalue weighted by atomic mass is 10.1. The number of anilines is 1. The maximum absolute atomic E-state index is 13.3. The van der Waals surface area contributed by atoms with Crippen LogP contribution in [0.5, 0.6) is 0 Å². The fraction of sp³-hybridized carbons (Fsp3) is 0.0667. The summed E-state index contributed by atoms with van der Waals surface area (Å²) in [6.45, 7) is 1.69. The normalized spacial score (nSPS) is 11.2. The Kier molecular flexibility index (Phi) is 7.13. The highest BCUT2D eigenvalue weighted by Crippen LogP contribution is 2.28. The number of carbonyl (C=O) groups is 1. The lowest BCUT2D eigenvalue weighted by Crippen LogP contribution is -2.23. The summed E-state index contributed by atoms with van der Waals surface area (Å²) in [6.07, 6.45) is 2.98. The molecule has 1 N–H and O–H groups in total. The van der Waals surface area contributed by atoms with Crippen molar-refractivity contribution < 1.29 is 9.72 Å². The molecule has 0 fully saturated rings. The Morgan fingerprint density at radius 3 is 2.32 bits per heavy atom. The van der Waals surface area contributed by atoms with Crippen LogP contribution in [0.15, 0.2) is 101 Å². The zero-order chi connectivity index (χ0) is 29.1. The van der Waals surface area contributed by atoms with E-state index < -0.39 is 16.4 Å². The van der Waals surface area contributed by atoms with Gasteiger partial charge in [0.15, 0.2) is 0 Å². The maximum atomic E-state index is 13.3. The third-order valence-corrected chi connectivity index (χ3v) is 6.55. The highest BCUT2D eigenvalue weighted by molar-refractivity contribution is 6.10. The minimum Gasteiger partial charge on any atom is -0.315 e. The Morgan fingerprint density at radius 2 is 1.68 bits per heavy atom. The predicted molar refractivity (Wildman–Crippen MR) is 154 cm³/mol. The third-order valence-electron chi connectivity index (χ3n) is 6.55. The van der Waals surface area contributed by atoms with Crippen LogP contribution in [0, 0.1) is 28.4 Å². The van der Waals surface area contributed by atoms with Crippen LogP contribution in [0.25, 0.3) is 28.7 Å². The SMILES string of the molecule is Cc1c(NC(=O)/C(C#N)=C/c2cn(-c3ccccc3)nc2-c2cccc([N+](=O)[O-])c2)c(=O)n(-c2ccccc2)n1C. The molecular formula is C30H23N7O4. The number of benzene rings is 3. The van der Waals surface area contributed by atoms with E-state index in [-0.39, 0.29) is 16.9 Å². The molecule has 5 rings (SSSR count). The molecule has 0 atom stereocenters. The first kappa shape index (κ1) is 26.6. The first-order valence-electron chi connectivity index (χ1n) is 12.5. The monoisotopic (exact) mass is 545 g/mol. The van der Waals surface area contributed by atoms with Crippen molar-refractivity contribution in [3.63, 3.8) is 0 Å². The Balaban J connectivity index is 1.56. The zero-order valence-corrected chi connectivity index (χ0v) is 22.1. The second-order valence-electron chi connectivity index (χ2n) is 9.08. The van der Waals surface area contributed by atoms with Crippen LogP contribution in [-0.2, 0) is 11.8 Å². The minimum atomic E-state index is -0.782. The highest BCUT2D eigenvalue weighted by atomic mass is 16.6. The molecule has 41 heavy (non-hydrogen) atoms. The minimum absolute atomic E-state index is 0.0430. The van der Waals surface area contributed by atoms with Crippen LogP contribution in [0.1, 0.15) is 11.3 Å². The summed E-state index contributed by atoms with van der Waals surface area (Å²) < 4.78 is 4.60. The van der Waals surface area contributed by atoms with Crippen molar-refractivity contribution in [1.29, 1.82) is 5.26 Å². The largest absolute Gasteiger partial charge is 0.315 e. The molecule has 0 bridgehead atoms.